The lowest BCUT2D eigenvalue weighted by atomic mass is 9.83. The lowest BCUT2D eigenvalue weighted by Gasteiger charge is -2.33. The summed E-state index contributed by atoms with van der Waals surface area (Å²) in [6.07, 6.45) is -3.96. The molecular formula is C31H32F3N5O3S. The Hall–Kier alpha value is -4.29. The quantitative estimate of drug-likeness (QED) is 0.349. The zero-order valence-electron chi connectivity index (χ0n) is 24.7. The van der Waals surface area contributed by atoms with Crippen LogP contribution < -0.4 is 5.32 Å². The first-order valence-electron chi connectivity index (χ1n) is 13.6. The van der Waals surface area contributed by atoms with E-state index in [9.17, 15) is 28.0 Å². The van der Waals surface area contributed by atoms with Crippen LogP contribution in [-0.4, -0.2) is 44.4 Å². The van der Waals surface area contributed by atoms with E-state index in [1.807, 2.05) is 0 Å². The number of amides is 2. The molecule has 3 heterocycles. The predicted octanol–water partition coefficient (Wildman–Crippen LogP) is 6.30. The van der Waals surface area contributed by atoms with Crippen molar-refractivity contribution in [1.82, 2.24) is 20.0 Å². The van der Waals surface area contributed by atoms with Crippen LogP contribution in [0.5, 0.6) is 0 Å². The van der Waals surface area contributed by atoms with Crippen molar-refractivity contribution < 1.29 is 27.5 Å². The fourth-order valence-electron chi connectivity index (χ4n) is 4.81. The minimum atomic E-state index is -4.67. The van der Waals surface area contributed by atoms with Gasteiger partial charge in [-0.05, 0) is 70.2 Å². The fourth-order valence-corrected chi connectivity index (χ4v) is 5.84. The second kappa shape index (κ2) is 11.8. The maximum atomic E-state index is 14.0. The van der Waals surface area contributed by atoms with Crippen LogP contribution in [-0.2, 0) is 28.8 Å². The normalized spacial score (nSPS) is 15.2. The molecule has 1 N–H and O–H groups in total. The van der Waals surface area contributed by atoms with Crippen molar-refractivity contribution in [2.75, 3.05) is 6.54 Å². The van der Waals surface area contributed by atoms with Crippen LogP contribution in [0.3, 0.4) is 0 Å². The highest BCUT2D eigenvalue weighted by molar-refractivity contribution is 7.12. The molecule has 1 atom stereocenters. The highest BCUT2D eigenvalue weighted by Gasteiger charge is 2.39. The fraction of sp³-hybridized carbons (Fsp3) is 0.419. The molecule has 1 aliphatic rings. The predicted molar refractivity (Wildman–Crippen MR) is 156 cm³/mol. The third kappa shape index (κ3) is 7.38. The Morgan fingerprint density at radius 1 is 1.14 bits per heavy atom. The summed E-state index contributed by atoms with van der Waals surface area (Å²) in [6, 6.07) is 10.6. The molecule has 1 aromatic carbocycles. The number of fused-ring (bicyclic) bond motifs is 1. The van der Waals surface area contributed by atoms with E-state index in [0.29, 0.717) is 16.0 Å². The van der Waals surface area contributed by atoms with E-state index in [4.69, 9.17) is 4.74 Å². The van der Waals surface area contributed by atoms with Crippen molar-refractivity contribution in [3.8, 4) is 29.0 Å². The van der Waals surface area contributed by atoms with Crippen LogP contribution in [0.4, 0.5) is 18.0 Å². The highest BCUT2D eigenvalue weighted by atomic mass is 32.1. The topological polar surface area (TPSA) is 100 Å². The number of aromatic nitrogens is 2. The van der Waals surface area contributed by atoms with Crippen LogP contribution >= 0.6 is 11.3 Å². The third-order valence-electron chi connectivity index (χ3n) is 6.63. The number of aryl methyl sites for hydroxylation is 1. The Morgan fingerprint density at radius 3 is 2.47 bits per heavy atom. The zero-order chi connectivity index (χ0) is 31.7. The van der Waals surface area contributed by atoms with Crippen LogP contribution in [0.25, 0.3) is 11.1 Å². The first-order chi connectivity index (χ1) is 20.0. The molecular weight excluding hydrogens is 579 g/mol. The average Bonchev–Trinajstić information content (AvgIpc) is 3.54. The first kappa shape index (κ1) is 31.6. The van der Waals surface area contributed by atoms with Gasteiger partial charge in [-0.25, -0.2) is 4.79 Å². The lowest BCUT2D eigenvalue weighted by molar-refractivity contribution is -0.141. The maximum Gasteiger partial charge on any atom is 0.435 e. The van der Waals surface area contributed by atoms with Gasteiger partial charge in [0, 0.05) is 35.6 Å². The van der Waals surface area contributed by atoms with Crippen molar-refractivity contribution in [2.24, 2.45) is 0 Å². The van der Waals surface area contributed by atoms with Crippen LogP contribution in [0.2, 0.25) is 0 Å². The molecule has 0 unspecified atom stereocenters. The second-order valence-electron chi connectivity index (χ2n) is 11.7. The van der Waals surface area contributed by atoms with Gasteiger partial charge in [-0.3, -0.25) is 9.48 Å². The van der Waals surface area contributed by atoms with E-state index >= 15 is 0 Å². The monoisotopic (exact) mass is 611 g/mol. The molecule has 2 aromatic heterocycles. The number of carbonyl (C=O) groups excluding carboxylic acids is 2. The number of hydrogen-bond donors (Lipinski definition) is 1. The number of halogens is 3. The standard InChI is InChI=1S/C31H32F3N5O3S/c1-7-39-17-24(27(37-39)31(32,33)34)21-11-9-8-10-20(21)23-16-38(18-25-22(23)14-19(15-35)43-25)26(40)12-13-30(5,6)36-28(41)42-29(2,3)4/h8-11,14,17,23H,7,16,18H2,1-6H3,(H,36,41)/t23-/m0/s1. The van der Waals surface area contributed by atoms with Gasteiger partial charge in [-0.15, -0.1) is 11.3 Å². The second-order valence-corrected chi connectivity index (χ2v) is 12.8. The number of carbonyl (C=O) groups is 2. The van der Waals surface area contributed by atoms with Crippen molar-refractivity contribution >= 4 is 23.3 Å². The van der Waals surface area contributed by atoms with Gasteiger partial charge in [-0.1, -0.05) is 30.2 Å². The summed E-state index contributed by atoms with van der Waals surface area (Å²) in [7, 11) is 0. The third-order valence-corrected chi connectivity index (χ3v) is 7.67. The molecule has 43 heavy (non-hydrogen) atoms. The Labute approximate surface area is 252 Å². The molecule has 0 saturated carbocycles. The van der Waals surface area contributed by atoms with E-state index in [1.54, 1.807) is 71.9 Å². The molecule has 4 rings (SSSR count). The van der Waals surface area contributed by atoms with Gasteiger partial charge >= 0.3 is 12.3 Å². The number of benzene rings is 1. The van der Waals surface area contributed by atoms with Crippen LogP contribution in [0.15, 0.2) is 36.5 Å². The molecule has 0 radical (unpaired) electrons. The molecule has 8 nitrogen and oxygen atoms in total. The Kier molecular flexibility index (Phi) is 8.66. The molecule has 0 fully saturated rings. The molecule has 0 saturated heterocycles. The summed E-state index contributed by atoms with van der Waals surface area (Å²) in [5, 5.41) is 16.0. The number of rotatable bonds is 4. The number of alkyl halides is 3. The number of nitrogens with zero attached hydrogens (tertiary/aromatic N) is 4. The number of nitrogens with one attached hydrogen (secondary N) is 1. The van der Waals surface area contributed by atoms with Gasteiger partial charge in [0.05, 0.1) is 12.1 Å². The van der Waals surface area contributed by atoms with Gasteiger partial charge < -0.3 is 15.0 Å². The number of hydrogen-bond acceptors (Lipinski definition) is 6. The van der Waals surface area contributed by atoms with Crippen molar-refractivity contribution in [3.63, 3.8) is 0 Å². The first-order valence-corrected chi connectivity index (χ1v) is 14.4. The van der Waals surface area contributed by atoms with E-state index in [2.05, 4.69) is 28.3 Å². The van der Waals surface area contributed by atoms with Gasteiger partial charge in [0.2, 0.25) is 0 Å². The molecule has 2 amide bonds. The van der Waals surface area contributed by atoms with Crippen LogP contribution in [0, 0.1) is 23.2 Å². The van der Waals surface area contributed by atoms with Crippen molar-refractivity contribution in [1.29, 1.82) is 5.26 Å². The Balaban J connectivity index is 1.71. The van der Waals surface area contributed by atoms with E-state index < -0.39 is 40.9 Å². The van der Waals surface area contributed by atoms with Gasteiger partial charge in [0.1, 0.15) is 16.5 Å². The summed E-state index contributed by atoms with van der Waals surface area (Å²) in [4.78, 5) is 28.3. The number of nitriles is 1. The Bertz CT molecular complexity index is 1650. The van der Waals surface area contributed by atoms with E-state index in [-0.39, 0.29) is 25.2 Å². The van der Waals surface area contributed by atoms with Gasteiger partial charge in [-0.2, -0.15) is 23.5 Å². The van der Waals surface area contributed by atoms with E-state index in [1.165, 1.54) is 27.1 Å². The van der Waals surface area contributed by atoms with E-state index in [0.717, 1.165) is 10.4 Å². The number of alkyl carbamates (subject to hydrolysis) is 1. The maximum absolute atomic E-state index is 14.0. The molecule has 0 spiro atoms. The minimum Gasteiger partial charge on any atom is -0.444 e. The molecule has 3 aromatic rings. The molecule has 1 aliphatic heterocycles. The van der Waals surface area contributed by atoms with Crippen molar-refractivity contribution in [2.45, 2.75) is 77.9 Å². The minimum absolute atomic E-state index is 0.0551. The summed E-state index contributed by atoms with van der Waals surface area (Å²) in [5.74, 6) is 4.37. The summed E-state index contributed by atoms with van der Waals surface area (Å²) < 4.78 is 48.7. The molecule has 0 aliphatic carbocycles. The molecule has 12 heteroatoms. The molecule has 226 valence electrons. The smallest absolute Gasteiger partial charge is 0.435 e. The lowest BCUT2D eigenvalue weighted by Crippen LogP contribution is -2.45. The largest absolute Gasteiger partial charge is 0.444 e. The highest BCUT2D eigenvalue weighted by Crippen LogP contribution is 2.44. The SMILES string of the molecule is CCn1cc(-c2ccccc2[C@@H]2CN(C(=O)C#CC(C)(C)NC(=O)OC(C)(C)C)Cc3sc(C#N)cc32)c(C(F)(F)F)n1. The summed E-state index contributed by atoms with van der Waals surface area (Å²) >= 11 is 1.24. The Morgan fingerprint density at radius 2 is 1.84 bits per heavy atom. The summed E-state index contributed by atoms with van der Waals surface area (Å²) in [6.45, 7) is 10.8. The summed E-state index contributed by atoms with van der Waals surface area (Å²) in [5.41, 5.74) is -1.13. The van der Waals surface area contributed by atoms with Gasteiger partial charge in [0.15, 0.2) is 5.69 Å². The number of thiophene rings is 1. The average molecular weight is 612 g/mol. The van der Waals surface area contributed by atoms with Crippen molar-refractivity contribution in [3.05, 3.63) is 63.1 Å². The molecule has 0 bridgehead atoms. The zero-order valence-corrected chi connectivity index (χ0v) is 25.5. The van der Waals surface area contributed by atoms with Gasteiger partial charge in [0.25, 0.3) is 5.91 Å². The van der Waals surface area contributed by atoms with Crippen LogP contribution in [0.1, 0.15) is 74.0 Å². The number of ether oxygens (including phenoxy) is 1.